The smallest absolute Gasteiger partial charge is 0.134 e. The molecule has 0 saturated carbocycles. The van der Waals surface area contributed by atoms with Gasteiger partial charge in [0.15, 0.2) is 0 Å². The summed E-state index contributed by atoms with van der Waals surface area (Å²) in [5.41, 5.74) is 4.71. The van der Waals surface area contributed by atoms with Gasteiger partial charge in [0.25, 0.3) is 0 Å². The first kappa shape index (κ1) is 12.3. The summed E-state index contributed by atoms with van der Waals surface area (Å²) >= 11 is 0. The summed E-state index contributed by atoms with van der Waals surface area (Å²) in [4.78, 5) is 0. The van der Waals surface area contributed by atoms with Gasteiger partial charge in [0.05, 0.1) is 11.8 Å². The Bertz CT molecular complexity index is 899. The van der Waals surface area contributed by atoms with E-state index in [4.69, 9.17) is 4.42 Å². The minimum Gasteiger partial charge on any atom is -0.464 e. The van der Waals surface area contributed by atoms with Crippen LogP contribution in [0.4, 0.5) is 0 Å². The van der Waals surface area contributed by atoms with Gasteiger partial charge in [0.1, 0.15) is 5.58 Å². The SMILES string of the molecule is CCCc1coc2ccc3c(ccn3-c3ccccc3)c12. The van der Waals surface area contributed by atoms with E-state index in [0.717, 1.165) is 18.4 Å². The molecule has 4 aromatic rings. The predicted octanol–water partition coefficient (Wildman–Crippen LogP) is 5.33. The molecule has 0 aliphatic carbocycles. The van der Waals surface area contributed by atoms with Gasteiger partial charge in [-0.3, -0.25) is 0 Å². The number of hydrogen-bond donors (Lipinski definition) is 0. The number of rotatable bonds is 3. The van der Waals surface area contributed by atoms with Gasteiger partial charge in [-0.15, -0.1) is 0 Å². The predicted molar refractivity (Wildman–Crippen MR) is 87.0 cm³/mol. The molecule has 2 heteroatoms. The van der Waals surface area contributed by atoms with E-state index >= 15 is 0 Å². The lowest BCUT2D eigenvalue weighted by molar-refractivity contribution is 0.609. The zero-order chi connectivity index (χ0) is 14.2. The maximum atomic E-state index is 5.72. The van der Waals surface area contributed by atoms with Crippen molar-refractivity contribution < 1.29 is 4.42 Å². The van der Waals surface area contributed by atoms with E-state index in [9.17, 15) is 0 Å². The molecule has 0 amide bonds. The van der Waals surface area contributed by atoms with E-state index in [1.54, 1.807) is 0 Å². The summed E-state index contributed by atoms with van der Waals surface area (Å²) in [5, 5.41) is 2.54. The topological polar surface area (TPSA) is 18.1 Å². The molecule has 21 heavy (non-hydrogen) atoms. The lowest BCUT2D eigenvalue weighted by Gasteiger charge is -2.05. The highest BCUT2D eigenvalue weighted by atomic mass is 16.3. The maximum absolute atomic E-state index is 5.72. The zero-order valence-electron chi connectivity index (χ0n) is 12.0. The van der Waals surface area contributed by atoms with E-state index in [1.807, 2.05) is 12.3 Å². The van der Waals surface area contributed by atoms with Crippen molar-refractivity contribution in [2.75, 3.05) is 0 Å². The molecule has 2 nitrogen and oxygen atoms in total. The minimum atomic E-state index is 0.983. The average molecular weight is 275 g/mol. The molecule has 0 unspecified atom stereocenters. The van der Waals surface area contributed by atoms with Crippen molar-refractivity contribution in [1.82, 2.24) is 4.57 Å². The quantitative estimate of drug-likeness (QED) is 0.494. The first-order valence-corrected chi connectivity index (χ1v) is 7.44. The molecule has 0 fully saturated rings. The van der Waals surface area contributed by atoms with Crippen LogP contribution in [0.5, 0.6) is 0 Å². The third kappa shape index (κ3) is 1.87. The fraction of sp³-hybridized carbons (Fsp3) is 0.158. The first-order valence-electron chi connectivity index (χ1n) is 7.44. The number of hydrogen-bond acceptors (Lipinski definition) is 1. The zero-order valence-corrected chi connectivity index (χ0v) is 12.0. The fourth-order valence-corrected chi connectivity index (χ4v) is 3.09. The van der Waals surface area contributed by atoms with Crippen molar-refractivity contribution in [3.8, 4) is 5.69 Å². The second-order valence-corrected chi connectivity index (χ2v) is 5.40. The van der Waals surface area contributed by atoms with Crippen LogP contribution in [-0.4, -0.2) is 4.57 Å². The third-order valence-electron chi connectivity index (χ3n) is 4.04. The molecular weight excluding hydrogens is 258 g/mol. The Hall–Kier alpha value is -2.48. The van der Waals surface area contributed by atoms with Gasteiger partial charge >= 0.3 is 0 Å². The second kappa shape index (κ2) is 4.81. The highest BCUT2D eigenvalue weighted by Crippen LogP contribution is 2.32. The number of fused-ring (bicyclic) bond motifs is 3. The molecule has 0 saturated heterocycles. The molecule has 0 radical (unpaired) electrons. The first-order chi connectivity index (χ1) is 10.4. The third-order valence-corrected chi connectivity index (χ3v) is 4.04. The van der Waals surface area contributed by atoms with Crippen LogP contribution in [0, 0.1) is 0 Å². The van der Waals surface area contributed by atoms with Crippen molar-refractivity contribution in [2.45, 2.75) is 19.8 Å². The Labute approximate surface area is 123 Å². The van der Waals surface area contributed by atoms with E-state index in [2.05, 4.69) is 60.2 Å². The Kier molecular flexibility index (Phi) is 2.81. The largest absolute Gasteiger partial charge is 0.464 e. The van der Waals surface area contributed by atoms with Crippen LogP contribution in [0.15, 0.2) is 65.4 Å². The number of furan rings is 1. The molecule has 0 spiro atoms. The van der Waals surface area contributed by atoms with Gasteiger partial charge in [-0.05, 0) is 42.3 Å². The van der Waals surface area contributed by atoms with Crippen molar-refractivity contribution in [3.05, 3.63) is 66.6 Å². The number of aromatic nitrogens is 1. The summed E-state index contributed by atoms with van der Waals surface area (Å²) in [7, 11) is 0. The Morgan fingerprint density at radius 3 is 2.67 bits per heavy atom. The van der Waals surface area contributed by atoms with Crippen molar-refractivity contribution >= 4 is 21.9 Å². The van der Waals surface area contributed by atoms with Crippen LogP contribution < -0.4 is 0 Å². The lowest BCUT2D eigenvalue weighted by atomic mass is 10.1. The molecule has 0 N–H and O–H groups in total. The standard InChI is InChI=1S/C19H17NO/c1-2-6-14-13-21-18-10-9-17-16(19(14)18)11-12-20(17)15-7-4-3-5-8-15/h3-5,7-13H,2,6H2,1H3. The van der Waals surface area contributed by atoms with Crippen LogP contribution in [0.2, 0.25) is 0 Å². The molecule has 2 heterocycles. The molecule has 0 bridgehead atoms. The molecule has 104 valence electrons. The van der Waals surface area contributed by atoms with Crippen LogP contribution in [-0.2, 0) is 6.42 Å². The molecule has 4 rings (SSSR count). The highest BCUT2D eigenvalue weighted by molar-refractivity contribution is 6.07. The minimum absolute atomic E-state index is 0.983. The van der Waals surface area contributed by atoms with E-state index < -0.39 is 0 Å². The van der Waals surface area contributed by atoms with Crippen molar-refractivity contribution in [1.29, 1.82) is 0 Å². The van der Waals surface area contributed by atoms with Crippen LogP contribution in [0.1, 0.15) is 18.9 Å². The maximum Gasteiger partial charge on any atom is 0.134 e. The van der Waals surface area contributed by atoms with E-state index in [1.165, 1.54) is 27.5 Å². The Morgan fingerprint density at radius 2 is 1.86 bits per heavy atom. The number of nitrogens with zero attached hydrogens (tertiary/aromatic N) is 1. The molecule has 0 aliphatic heterocycles. The summed E-state index contributed by atoms with van der Waals surface area (Å²) < 4.78 is 7.95. The van der Waals surface area contributed by atoms with Gasteiger partial charge in [0.2, 0.25) is 0 Å². The Morgan fingerprint density at radius 1 is 1.00 bits per heavy atom. The summed E-state index contributed by atoms with van der Waals surface area (Å²) in [5.74, 6) is 0. The molecule has 0 aliphatic rings. The summed E-state index contributed by atoms with van der Waals surface area (Å²) in [6.07, 6.45) is 6.24. The summed E-state index contributed by atoms with van der Waals surface area (Å²) in [6.45, 7) is 2.20. The van der Waals surface area contributed by atoms with Gasteiger partial charge in [0, 0.05) is 22.7 Å². The Balaban J connectivity index is 2.01. The number of benzene rings is 2. The average Bonchev–Trinajstić information content (AvgIpc) is 3.12. The van der Waals surface area contributed by atoms with Gasteiger partial charge < -0.3 is 8.98 Å². The number of para-hydroxylation sites is 1. The second-order valence-electron chi connectivity index (χ2n) is 5.40. The van der Waals surface area contributed by atoms with E-state index in [0.29, 0.717) is 0 Å². The molecule has 2 aromatic carbocycles. The lowest BCUT2D eigenvalue weighted by Crippen LogP contribution is -1.90. The van der Waals surface area contributed by atoms with Crippen molar-refractivity contribution in [3.63, 3.8) is 0 Å². The van der Waals surface area contributed by atoms with Crippen LogP contribution >= 0.6 is 0 Å². The molecular formula is C19H17NO. The van der Waals surface area contributed by atoms with E-state index in [-0.39, 0.29) is 0 Å². The number of aryl methyl sites for hydroxylation is 1. The summed E-state index contributed by atoms with van der Waals surface area (Å²) in [6, 6.07) is 16.9. The molecule has 2 aromatic heterocycles. The van der Waals surface area contributed by atoms with Gasteiger partial charge in [-0.25, -0.2) is 0 Å². The molecule has 0 atom stereocenters. The monoisotopic (exact) mass is 275 g/mol. The van der Waals surface area contributed by atoms with Crippen molar-refractivity contribution in [2.24, 2.45) is 0 Å². The van der Waals surface area contributed by atoms with Crippen LogP contribution in [0.25, 0.3) is 27.6 Å². The van der Waals surface area contributed by atoms with Gasteiger partial charge in [-0.1, -0.05) is 31.5 Å². The van der Waals surface area contributed by atoms with Crippen LogP contribution in [0.3, 0.4) is 0 Å². The normalized spacial score (nSPS) is 11.5. The highest BCUT2D eigenvalue weighted by Gasteiger charge is 2.12. The fourth-order valence-electron chi connectivity index (χ4n) is 3.09. The van der Waals surface area contributed by atoms with Gasteiger partial charge in [-0.2, -0.15) is 0 Å².